The number of aromatic nitrogens is 3. The van der Waals surface area contributed by atoms with E-state index in [1.165, 1.54) is 20.3 Å². The van der Waals surface area contributed by atoms with Crippen molar-refractivity contribution in [2.45, 2.75) is 5.03 Å². The zero-order chi connectivity index (χ0) is 16.8. The van der Waals surface area contributed by atoms with E-state index < -0.39 is 11.2 Å². The first-order chi connectivity index (χ1) is 11.0. The number of hydrogen-bond acceptors (Lipinski definition) is 6. The SMILES string of the molecule is Cn1nc(SCC(=O)N/N=C/c2ccccc2)c(=O)n(C)c1=O. The average molecular weight is 333 g/mol. The molecule has 0 aliphatic carbocycles. The Bertz CT molecular complexity index is 842. The Morgan fingerprint density at radius 1 is 1.30 bits per heavy atom. The summed E-state index contributed by atoms with van der Waals surface area (Å²) < 4.78 is 2.00. The minimum absolute atomic E-state index is 0.0351. The first-order valence-electron chi connectivity index (χ1n) is 6.63. The number of hydrazone groups is 1. The van der Waals surface area contributed by atoms with Crippen LogP contribution in [-0.2, 0) is 18.9 Å². The molecule has 0 fully saturated rings. The van der Waals surface area contributed by atoms with Crippen LogP contribution in [0.5, 0.6) is 0 Å². The Labute approximate surface area is 135 Å². The maximum atomic E-state index is 11.9. The van der Waals surface area contributed by atoms with Gasteiger partial charge >= 0.3 is 5.69 Å². The number of rotatable bonds is 5. The second-order valence-corrected chi connectivity index (χ2v) is 5.53. The van der Waals surface area contributed by atoms with Crippen molar-refractivity contribution in [2.75, 3.05) is 5.75 Å². The number of benzene rings is 1. The van der Waals surface area contributed by atoms with E-state index in [4.69, 9.17) is 0 Å². The second-order valence-electron chi connectivity index (χ2n) is 4.57. The van der Waals surface area contributed by atoms with Crippen molar-refractivity contribution in [3.8, 4) is 0 Å². The molecule has 8 nitrogen and oxygen atoms in total. The molecule has 9 heteroatoms. The van der Waals surface area contributed by atoms with Gasteiger partial charge in [0.1, 0.15) is 0 Å². The third kappa shape index (κ3) is 4.39. The van der Waals surface area contributed by atoms with Crippen molar-refractivity contribution >= 4 is 23.9 Å². The molecule has 23 heavy (non-hydrogen) atoms. The molecule has 0 aliphatic rings. The third-order valence-electron chi connectivity index (χ3n) is 2.83. The molecular formula is C14H15N5O3S. The lowest BCUT2D eigenvalue weighted by Crippen LogP contribution is -2.39. The molecule has 0 atom stereocenters. The summed E-state index contributed by atoms with van der Waals surface area (Å²) in [6.07, 6.45) is 1.52. The molecule has 0 aliphatic heterocycles. The number of nitrogens with one attached hydrogen (secondary N) is 1. The standard InChI is InChI=1S/C14H15N5O3S/c1-18-13(21)12(17-19(2)14(18)22)23-9-11(20)16-15-8-10-6-4-3-5-7-10/h3-8H,9H2,1-2H3,(H,16,20)/b15-8+. The Balaban J connectivity index is 1.94. The normalized spacial score (nSPS) is 10.9. The van der Waals surface area contributed by atoms with E-state index in [0.29, 0.717) is 0 Å². The number of amides is 1. The zero-order valence-electron chi connectivity index (χ0n) is 12.6. The Morgan fingerprint density at radius 2 is 2.00 bits per heavy atom. The molecule has 2 rings (SSSR count). The molecule has 0 saturated carbocycles. The zero-order valence-corrected chi connectivity index (χ0v) is 13.4. The van der Waals surface area contributed by atoms with Crippen LogP contribution in [0.25, 0.3) is 0 Å². The summed E-state index contributed by atoms with van der Waals surface area (Å²) in [5, 5.41) is 7.76. The van der Waals surface area contributed by atoms with E-state index in [0.717, 1.165) is 26.6 Å². The second kappa shape index (κ2) is 7.54. The molecule has 2 aromatic rings. The van der Waals surface area contributed by atoms with Gasteiger partial charge in [0.15, 0.2) is 5.03 Å². The number of nitrogens with zero attached hydrogens (tertiary/aromatic N) is 4. The maximum Gasteiger partial charge on any atom is 0.346 e. The monoisotopic (exact) mass is 333 g/mol. The van der Waals surface area contributed by atoms with Gasteiger partial charge in [0, 0.05) is 14.1 Å². The van der Waals surface area contributed by atoms with Crippen LogP contribution >= 0.6 is 11.8 Å². The van der Waals surface area contributed by atoms with E-state index in [1.54, 1.807) is 0 Å². The fourth-order valence-corrected chi connectivity index (χ4v) is 2.42. The molecule has 0 spiro atoms. The average Bonchev–Trinajstić information content (AvgIpc) is 2.56. The van der Waals surface area contributed by atoms with Crippen molar-refractivity contribution < 1.29 is 4.79 Å². The van der Waals surface area contributed by atoms with Gasteiger partial charge in [-0.25, -0.2) is 14.9 Å². The maximum absolute atomic E-state index is 11.9. The van der Waals surface area contributed by atoms with Crippen LogP contribution in [0.3, 0.4) is 0 Å². The van der Waals surface area contributed by atoms with Crippen LogP contribution in [0.1, 0.15) is 5.56 Å². The van der Waals surface area contributed by atoms with Crippen LogP contribution < -0.4 is 16.7 Å². The highest BCUT2D eigenvalue weighted by Crippen LogP contribution is 2.07. The number of aryl methyl sites for hydroxylation is 1. The van der Waals surface area contributed by atoms with E-state index in [1.807, 2.05) is 30.3 Å². The van der Waals surface area contributed by atoms with Crippen LogP contribution in [-0.4, -0.2) is 32.2 Å². The van der Waals surface area contributed by atoms with Gasteiger partial charge in [0.2, 0.25) is 5.91 Å². The summed E-state index contributed by atoms with van der Waals surface area (Å²) in [6.45, 7) is 0. The van der Waals surface area contributed by atoms with Gasteiger partial charge in [-0.1, -0.05) is 42.1 Å². The third-order valence-corrected chi connectivity index (χ3v) is 3.77. The highest BCUT2D eigenvalue weighted by molar-refractivity contribution is 7.99. The largest absolute Gasteiger partial charge is 0.346 e. The number of hydrogen-bond donors (Lipinski definition) is 1. The van der Waals surface area contributed by atoms with Crippen LogP contribution in [0, 0.1) is 0 Å². The molecular weight excluding hydrogens is 318 g/mol. The predicted molar refractivity (Wildman–Crippen MR) is 87.6 cm³/mol. The summed E-state index contributed by atoms with van der Waals surface area (Å²) in [5.74, 6) is -0.410. The smallest absolute Gasteiger partial charge is 0.272 e. The van der Waals surface area contributed by atoms with E-state index in [-0.39, 0.29) is 16.7 Å². The Kier molecular flexibility index (Phi) is 5.47. The Morgan fingerprint density at radius 3 is 2.70 bits per heavy atom. The molecule has 0 bridgehead atoms. The van der Waals surface area contributed by atoms with Crippen molar-refractivity contribution in [1.29, 1.82) is 0 Å². The summed E-state index contributed by atoms with van der Waals surface area (Å²) in [5.41, 5.74) is 2.18. The lowest BCUT2D eigenvalue weighted by atomic mass is 10.2. The summed E-state index contributed by atoms with van der Waals surface area (Å²) in [7, 11) is 2.80. The van der Waals surface area contributed by atoms with E-state index in [2.05, 4.69) is 15.6 Å². The van der Waals surface area contributed by atoms with Crippen LogP contribution in [0.2, 0.25) is 0 Å². The van der Waals surface area contributed by atoms with Gasteiger partial charge in [-0.15, -0.1) is 0 Å². The molecule has 120 valence electrons. The molecule has 0 unspecified atom stereocenters. The van der Waals surface area contributed by atoms with Crippen molar-refractivity contribution in [2.24, 2.45) is 19.2 Å². The Hall–Kier alpha value is -2.68. The van der Waals surface area contributed by atoms with Gasteiger partial charge in [-0.2, -0.15) is 10.2 Å². The molecule has 1 N–H and O–H groups in total. The summed E-state index contributed by atoms with van der Waals surface area (Å²) in [6, 6.07) is 9.30. The van der Waals surface area contributed by atoms with E-state index in [9.17, 15) is 14.4 Å². The quantitative estimate of drug-likeness (QED) is 0.461. The molecule has 1 amide bonds. The topological polar surface area (TPSA) is 98.3 Å². The van der Waals surface area contributed by atoms with Gasteiger partial charge in [-0.05, 0) is 5.56 Å². The number of carbonyl (C=O) groups is 1. The lowest BCUT2D eigenvalue weighted by Gasteiger charge is -2.04. The molecule has 0 saturated heterocycles. The van der Waals surface area contributed by atoms with Gasteiger partial charge in [-0.3, -0.25) is 14.2 Å². The fraction of sp³-hybridized carbons (Fsp3) is 0.214. The first-order valence-corrected chi connectivity index (χ1v) is 7.61. The number of carbonyl (C=O) groups excluding carboxylic acids is 1. The minimum atomic E-state index is -0.529. The van der Waals surface area contributed by atoms with Crippen molar-refractivity contribution in [3.63, 3.8) is 0 Å². The van der Waals surface area contributed by atoms with Crippen molar-refractivity contribution in [3.05, 3.63) is 56.7 Å². The highest BCUT2D eigenvalue weighted by atomic mass is 32.2. The van der Waals surface area contributed by atoms with Crippen molar-refractivity contribution in [1.82, 2.24) is 19.8 Å². The highest BCUT2D eigenvalue weighted by Gasteiger charge is 2.11. The molecule has 1 aromatic carbocycles. The van der Waals surface area contributed by atoms with Gasteiger partial charge in [0.25, 0.3) is 5.56 Å². The van der Waals surface area contributed by atoms with Crippen LogP contribution in [0.4, 0.5) is 0 Å². The van der Waals surface area contributed by atoms with Gasteiger partial charge in [0.05, 0.1) is 12.0 Å². The van der Waals surface area contributed by atoms with Crippen LogP contribution in [0.15, 0.2) is 50.0 Å². The first kappa shape index (κ1) is 16.7. The summed E-state index contributed by atoms with van der Waals surface area (Å²) >= 11 is 0.948. The van der Waals surface area contributed by atoms with E-state index >= 15 is 0 Å². The predicted octanol–water partition coefficient (Wildman–Crippen LogP) is -0.279. The lowest BCUT2D eigenvalue weighted by molar-refractivity contribution is -0.118. The molecule has 1 heterocycles. The summed E-state index contributed by atoms with van der Waals surface area (Å²) in [4.78, 5) is 35.1. The van der Waals surface area contributed by atoms with Gasteiger partial charge < -0.3 is 0 Å². The fourth-order valence-electron chi connectivity index (χ4n) is 1.64. The number of thioether (sulfide) groups is 1. The minimum Gasteiger partial charge on any atom is -0.272 e. The molecule has 1 aromatic heterocycles. The molecule has 0 radical (unpaired) electrons.